The highest BCUT2D eigenvalue weighted by Gasteiger charge is 2.10. The minimum Gasteiger partial charge on any atom is -0.492 e. The predicted octanol–water partition coefficient (Wildman–Crippen LogP) is 3.00. The molecule has 0 aliphatic heterocycles. The van der Waals surface area contributed by atoms with E-state index in [2.05, 4.69) is 32.9 Å². The molecular weight excluding hydrogens is 198 g/mol. The van der Waals surface area contributed by atoms with Crippen molar-refractivity contribution >= 4 is 0 Å². The van der Waals surface area contributed by atoms with Crippen LogP contribution in [0.25, 0.3) is 0 Å². The summed E-state index contributed by atoms with van der Waals surface area (Å²) in [6.45, 7) is 7.06. The Morgan fingerprint density at radius 2 is 1.81 bits per heavy atom. The first-order valence-electron chi connectivity index (χ1n) is 6.14. The molecule has 0 heterocycles. The molecule has 0 radical (unpaired) electrons. The minimum atomic E-state index is 0.121. The largest absolute Gasteiger partial charge is 0.492 e. The van der Waals surface area contributed by atoms with Gasteiger partial charge in [-0.3, -0.25) is 0 Å². The van der Waals surface area contributed by atoms with Gasteiger partial charge in [-0.05, 0) is 30.0 Å². The van der Waals surface area contributed by atoms with E-state index in [1.54, 1.807) is 0 Å². The molecule has 0 aliphatic rings. The fourth-order valence-corrected chi connectivity index (χ4v) is 1.48. The third-order valence-electron chi connectivity index (χ3n) is 3.15. The summed E-state index contributed by atoms with van der Waals surface area (Å²) in [4.78, 5) is 0. The van der Waals surface area contributed by atoms with E-state index in [-0.39, 0.29) is 6.04 Å². The lowest BCUT2D eigenvalue weighted by atomic mass is 10.0. The van der Waals surface area contributed by atoms with Gasteiger partial charge in [0.15, 0.2) is 0 Å². The molecule has 90 valence electrons. The van der Waals surface area contributed by atoms with Crippen LogP contribution in [0.4, 0.5) is 0 Å². The molecule has 0 aliphatic carbocycles. The van der Waals surface area contributed by atoms with E-state index >= 15 is 0 Å². The molecule has 2 heteroatoms. The van der Waals surface area contributed by atoms with Gasteiger partial charge < -0.3 is 10.5 Å². The summed E-state index contributed by atoms with van der Waals surface area (Å²) in [5, 5.41) is 0. The third-order valence-corrected chi connectivity index (χ3v) is 3.15. The molecule has 1 aromatic rings. The molecule has 2 nitrogen and oxygen atoms in total. The van der Waals surface area contributed by atoms with E-state index in [9.17, 15) is 0 Å². The third kappa shape index (κ3) is 3.86. The quantitative estimate of drug-likeness (QED) is 0.801. The summed E-state index contributed by atoms with van der Waals surface area (Å²) in [6.07, 6.45) is 2.16. The van der Waals surface area contributed by atoms with Gasteiger partial charge in [0.1, 0.15) is 12.4 Å². The number of hydrogen-bond donors (Lipinski definition) is 1. The summed E-state index contributed by atoms with van der Waals surface area (Å²) in [6, 6.07) is 8.36. The second-order valence-corrected chi connectivity index (χ2v) is 4.36. The molecule has 2 N–H and O–H groups in total. The highest BCUT2D eigenvalue weighted by atomic mass is 16.5. The maximum Gasteiger partial charge on any atom is 0.119 e. The van der Waals surface area contributed by atoms with Crippen molar-refractivity contribution in [3.63, 3.8) is 0 Å². The molecule has 0 amide bonds. The fourth-order valence-electron chi connectivity index (χ4n) is 1.48. The molecule has 0 spiro atoms. The number of rotatable bonds is 6. The molecule has 0 bridgehead atoms. The average Bonchev–Trinajstić information content (AvgIpc) is 2.35. The van der Waals surface area contributed by atoms with Crippen molar-refractivity contribution in [3.8, 4) is 5.75 Å². The maximum absolute atomic E-state index is 6.01. The van der Waals surface area contributed by atoms with Gasteiger partial charge in [0.05, 0.1) is 0 Å². The van der Waals surface area contributed by atoms with E-state index in [1.165, 1.54) is 5.56 Å². The Hall–Kier alpha value is -1.02. The van der Waals surface area contributed by atoms with Crippen molar-refractivity contribution in [2.45, 2.75) is 39.7 Å². The lowest BCUT2D eigenvalue weighted by molar-refractivity contribution is 0.250. The molecule has 0 aromatic heterocycles. The van der Waals surface area contributed by atoms with Crippen LogP contribution in [0.2, 0.25) is 0 Å². The van der Waals surface area contributed by atoms with Crippen molar-refractivity contribution in [2.24, 2.45) is 11.7 Å². The zero-order chi connectivity index (χ0) is 12.0. The Labute approximate surface area is 98.8 Å². The molecule has 1 rings (SSSR count). The van der Waals surface area contributed by atoms with Crippen molar-refractivity contribution < 1.29 is 4.74 Å². The Morgan fingerprint density at radius 1 is 1.19 bits per heavy atom. The molecule has 0 saturated heterocycles. The number of benzene rings is 1. The van der Waals surface area contributed by atoms with Crippen LogP contribution in [0, 0.1) is 5.92 Å². The SMILES string of the molecule is CCc1ccc(OCC(N)C(C)CC)cc1. The summed E-state index contributed by atoms with van der Waals surface area (Å²) in [5.74, 6) is 1.42. The molecule has 2 unspecified atom stereocenters. The molecule has 16 heavy (non-hydrogen) atoms. The van der Waals surface area contributed by atoms with Gasteiger partial charge in [-0.25, -0.2) is 0 Å². The van der Waals surface area contributed by atoms with E-state index in [0.717, 1.165) is 18.6 Å². The predicted molar refractivity (Wildman–Crippen MR) is 68.7 cm³/mol. The van der Waals surface area contributed by atoms with Crippen molar-refractivity contribution in [1.82, 2.24) is 0 Å². The summed E-state index contributed by atoms with van der Waals surface area (Å²) < 4.78 is 5.67. The maximum atomic E-state index is 6.01. The minimum absolute atomic E-state index is 0.121. The first-order chi connectivity index (χ1) is 7.67. The average molecular weight is 221 g/mol. The molecule has 1 aromatic carbocycles. The van der Waals surface area contributed by atoms with E-state index in [4.69, 9.17) is 10.5 Å². The lowest BCUT2D eigenvalue weighted by Gasteiger charge is -2.18. The second-order valence-electron chi connectivity index (χ2n) is 4.36. The monoisotopic (exact) mass is 221 g/mol. The van der Waals surface area contributed by atoms with E-state index in [1.807, 2.05) is 12.1 Å². The molecule has 0 saturated carbocycles. The highest BCUT2D eigenvalue weighted by Crippen LogP contribution is 2.14. The van der Waals surface area contributed by atoms with Crippen LogP contribution < -0.4 is 10.5 Å². The number of aryl methyl sites for hydroxylation is 1. The van der Waals surface area contributed by atoms with Crippen molar-refractivity contribution in [2.75, 3.05) is 6.61 Å². The zero-order valence-electron chi connectivity index (χ0n) is 10.6. The molecular formula is C14H23NO. The normalized spacial score (nSPS) is 14.5. The van der Waals surface area contributed by atoms with Crippen molar-refractivity contribution in [1.29, 1.82) is 0 Å². The first kappa shape index (κ1) is 13.0. The highest BCUT2D eigenvalue weighted by molar-refractivity contribution is 5.27. The van der Waals surface area contributed by atoms with Gasteiger partial charge in [-0.15, -0.1) is 0 Å². The van der Waals surface area contributed by atoms with E-state index in [0.29, 0.717) is 12.5 Å². The topological polar surface area (TPSA) is 35.2 Å². The van der Waals surface area contributed by atoms with Crippen LogP contribution in [-0.2, 0) is 6.42 Å². The summed E-state index contributed by atoms with van der Waals surface area (Å²) >= 11 is 0. The van der Waals surface area contributed by atoms with Crippen LogP contribution >= 0.6 is 0 Å². The van der Waals surface area contributed by atoms with Crippen LogP contribution in [-0.4, -0.2) is 12.6 Å². The van der Waals surface area contributed by atoms with Gasteiger partial charge >= 0.3 is 0 Å². The first-order valence-corrected chi connectivity index (χ1v) is 6.14. The lowest BCUT2D eigenvalue weighted by Crippen LogP contribution is -2.34. The summed E-state index contributed by atoms with van der Waals surface area (Å²) in [7, 11) is 0. The Kier molecular flexibility index (Phi) is 5.33. The molecule has 0 fully saturated rings. The Balaban J connectivity index is 2.42. The van der Waals surface area contributed by atoms with Crippen LogP contribution in [0.15, 0.2) is 24.3 Å². The summed E-state index contributed by atoms with van der Waals surface area (Å²) in [5.41, 5.74) is 7.34. The Morgan fingerprint density at radius 3 is 2.31 bits per heavy atom. The Bertz CT molecular complexity index is 294. The number of nitrogens with two attached hydrogens (primary N) is 1. The smallest absolute Gasteiger partial charge is 0.119 e. The van der Waals surface area contributed by atoms with E-state index < -0.39 is 0 Å². The molecule has 2 atom stereocenters. The zero-order valence-corrected chi connectivity index (χ0v) is 10.6. The van der Waals surface area contributed by atoms with Gasteiger partial charge in [-0.1, -0.05) is 39.3 Å². The number of ether oxygens (including phenoxy) is 1. The van der Waals surface area contributed by atoms with Crippen LogP contribution in [0.1, 0.15) is 32.8 Å². The van der Waals surface area contributed by atoms with Gasteiger partial charge in [0.2, 0.25) is 0 Å². The van der Waals surface area contributed by atoms with Crippen LogP contribution in [0.3, 0.4) is 0 Å². The van der Waals surface area contributed by atoms with Gasteiger partial charge in [-0.2, -0.15) is 0 Å². The second kappa shape index (κ2) is 6.54. The van der Waals surface area contributed by atoms with Gasteiger partial charge in [0.25, 0.3) is 0 Å². The van der Waals surface area contributed by atoms with Gasteiger partial charge in [0, 0.05) is 6.04 Å². The van der Waals surface area contributed by atoms with Crippen molar-refractivity contribution in [3.05, 3.63) is 29.8 Å². The standard InChI is InChI=1S/C14H23NO/c1-4-11(3)14(15)10-16-13-8-6-12(5-2)7-9-13/h6-9,11,14H,4-5,10,15H2,1-3H3. The number of hydrogen-bond acceptors (Lipinski definition) is 2. The fraction of sp³-hybridized carbons (Fsp3) is 0.571. The van der Waals surface area contributed by atoms with Crippen LogP contribution in [0.5, 0.6) is 5.75 Å².